The highest BCUT2D eigenvalue weighted by Crippen LogP contribution is 2.32. The first kappa shape index (κ1) is 18.2. The zero-order chi connectivity index (χ0) is 18.6. The summed E-state index contributed by atoms with van der Waals surface area (Å²) < 4.78 is 45.9. The van der Waals surface area contributed by atoms with E-state index in [-0.39, 0.29) is 0 Å². The summed E-state index contributed by atoms with van der Waals surface area (Å²) in [6, 6.07) is 16.3. The maximum Gasteiger partial charge on any atom is 0.431 e. The van der Waals surface area contributed by atoms with Gasteiger partial charge in [0, 0.05) is 31.9 Å². The number of piperazine rings is 1. The van der Waals surface area contributed by atoms with Crippen molar-refractivity contribution in [3.8, 4) is 5.75 Å². The van der Waals surface area contributed by atoms with E-state index in [0.717, 1.165) is 5.69 Å². The van der Waals surface area contributed by atoms with E-state index in [9.17, 15) is 13.2 Å². The van der Waals surface area contributed by atoms with Gasteiger partial charge in [-0.2, -0.15) is 13.2 Å². The maximum atomic E-state index is 13.6. The zero-order valence-electron chi connectivity index (χ0n) is 14.5. The first-order valence-electron chi connectivity index (χ1n) is 8.45. The molecule has 0 radical (unpaired) electrons. The lowest BCUT2D eigenvalue weighted by Gasteiger charge is -2.38. The van der Waals surface area contributed by atoms with Crippen LogP contribution in [0.3, 0.4) is 0 Å². The van der Waals surface area contributed by atoms with Gasteiger partial charge in [-0.05, 0) is 35.9 Å². The summed E-state index contributed by atoms with van der Waals surface area (Å²) in [5.74, 6) is 0.618. The molecule has 1 fully saturated rings. The third-order valence-corrected chi connectivity index (χ3v) is 4.45. The van der Waals surface area contributed by atoms with Crippen LogP contribution in [-0.4, -0.2) is 44.4 Å². The molecule has 0 unspecified atom stereocenters. The van der Waals surface area contributed by atoms with Gasteiger partial charge in [-0.15, -0.1) is 0 Å². The maximum absolute atomic E-state index is 13.6. The number of ether oxygens (including phenoxy) is 1. The van der Waals surface area contributed by atoms with Crippen LogP contribution < -0.4 is 9.64 Å². The minimum absolute atomic E-state index is 0.330. The molecule has 0 bridgehead atoms. The monoisotopic (exact) mass is 362 g/mol. The largest absolute Gasteiger partial charge is 0.497 e. The average Bonchev–Trinajstić information content (AvgIpc) is 2.66. The van der Waals surface area contributed by atoms with Crippen molar-refractivity contribution in [1.29, 1.82) is 0 Å². The molecule has 0 aliphatic carbocycles. The van der Waals surface area contributed by atoms with E-state index in [0.29, 0.717) is 37.5 Å². The highest BCUT2D eigenvalue weighted by molar-refractivity contribution is 5.55. The number of allylic oxidation sites excluding steroid dienone is 1. The molecule has 3 rings (SSSR count). The predicted molar refractivity (Wildman–Crippen MR) is 97.3 cm³/mol. The third kappa shape index (κ3) is 4.31. The molecule has 3 nitrogen and oxygen atoms in total. The number of methoxy groups -OCH3 is 1. The summed E-state index contributed by atoms with van der Waals surface area (Å²) in [6.07, 6.45) is -3.19. The smallest absolute Gasteiger partial charge is 0.431 e. The Labute approximate surface area is 151 Å². The molecule has 0 spiro atoms. The quantitative estimate of drug-likeness (QED) is 0.801. The van der Waals surface area contributed by atoms with Crippen LogP contribution in [0.2, 0.25) is 0 Å². The summed E-state index contributed by atoms with van der Waals surface area (Å²) in [6.45, 7) is 1.77. The van der Waals surface area contributed by atoms with Crippen LogP contribution in [0.15, 0.2) is 60.3 Å². The molecule has 1 aliphatic heterocycles. The van der Waals surface area contributed by atoms with Crippen LogP contribution in [-0.2, 0) is 0 Å². The normalized spacial score (nSPS) is 15.9. The number of benzene rings is 2. The molecule has 0 aromatic heterocycles. The van der Waals surface area contributed by atoms with Gasteiger partial charge in [0.15, 0.2) is 0 Å². The minimum Gasteiger partial charge on any atom is -0.497 e. The van der Waals surface area contributed by atoms with E-state index in [1.54, 1.807) is 24.3 Å². The molecule has 6 heteroatoms. The molecule has 138 valence electrons. The first-order chi connectivity index (χ1) is 12.5. The van der Waals surface area contributed by atoms with Gasteiger partial charge in [0.2, 0.25) is 0 Å². The highest BCUT2D eigenvalue weighted by atomic mass is 19.4. The molecule has 0 N–H and O–H groups in total. The van der Waals surface area contributed by atoms with Crippen molar-refractivity contribution < 1.29 is 17.9 Å². The topological polar surface area (TPSA) is 15.7 Å². The second-order valence-electron chi connectivity index (χ2n) is 6.11. The van der Waals surface area contributed by atoms with Crippen LogP contribution in [0, 0.1) is 0 Å². The van der Waals surface area contributed by atoms with Crippen LogP contribution in [0.5, 0.6) is 5.75 Å². The van der Waals surface area contributed by atoms with E-state index in [4.69, 9.17) is 4.74 Å². The Hall–Kier alpha value is -2.63. The molecule has 1 saturated heterocycles. The number of nitrogens with zero attached hydrogens (tertiary/aromatic N) is 2. The summed E-state index contributed by atoms with van der Waals surface area (Å²) in [4.78, 5) is 3.53. The van der Waals surface area contributed by atoms with Crippen molar-refractivity contribution in [1.82, 2.24) is 4.90 Å². The Morgan fingerprint density at radius 2 is 1.54 bits per heavy atom. The molecular formula is C20H21F3N2O. The van der Waals surface area contributed by atoms with E-state index in [1.165, 1.54) is 18.1 Å². The standard InChI is InChI=1S/C20H21F3N2O/c1-26-18-9-7-16(8-10-18)15-19(20(21,22)23)25-13-11-24(12-14-25)17-5-3-2-4-6-17/h2-10,15H,11-14H2,1H3/b19-15+. The molecule has 2 aromatic rings. The average molecular weight is 362 g/mol. The van der Waals surface area contributed by atoms with Gasteiger partial charge >= 0.3 is 6.18 Å². The predicted octanol–water partition coefficient (Wildman–Crippen LogP) is 4.42. The SMILES string of the molecule is COc1ccc(/C=C(/N2CCN(c3ccccc3)CC2)C(F)(F)F)cc1. The number of hydrogen-bond donors (Lipinski definition) is 0. The summed E-state index contributed by atoms with van der Waals surface area (Å²) in [5.41, 5.74) is 0.943. The van der Waals surface area contributed by atoms with Crippen molar-refractivity contribution in [2.75, 3.05) is 38.2 Å². The van der Waals surface area contributed by atoms with Crippen LogP contribution in [0.4, 0.5) is 18.9 Å². The van der Waals surface area contributed by atoms with Crippen molar-refractivity contribution in [3.05, 3.63) is 65.9 Å². The fourth-order valence-electron chi connectivity index (χ4n) is 3.05. The summed E-state index contributed by atoms with van der Waals surface area (Å²) in [5, 5.41) is 0. The molecule has 1 heterocycles. The number of para-hydroxylation sites is 1. The Kier molecular flexibility index (Phi) is 5.40. The van der Waals surface area contributed by atoms with Gasteiger partial charge in [-0.1, -0.05) is 30.3 Å². The number of rotatable bonds is 4. The van der Waals surface area contributed by atoms with E-state index in [1.807, 2.05) is 30.3 Å². The van der Waals surface area contributed by atoms with Crippen molar-refractivity contribution in [2.24, 2.45) is 0 Å². The fraction of sp³-hybridized carbons (Fsp3) is 0.300. The Morgan fingerprint density at radius 1 is 0.923 bits per heavy atom. The zero-order valence-corrected chi connectivity index (χ0v) is 14.5. The third-order valence-electron chi connectivity index (χ3n) is 4.45. The van der Waals surface area contributed by atoms with Gasteiger partial charge in [0.1, 0.15) is 11.4 Å². The van der Waals surface area contributed by atoms with Crippen molar-refractivity contribution in [2.45, 2.75) is 6.18 Å². The van der Waals surface area contributed by atoms with Gasteiger partial charge in [0.25, 0.3) is 0 Å². The van der Waals surface area contributed by atoms with E-state index >= 15 is 0 Å². The number of halogens is 3. The first-order valence-corrected chi connectivity index (χ1v) is 8.45. The molecule has 0 saturated carbocycles. The molecular weight excluding hydrogens is 341 g/mol. The van der Waals surface area contributed by atoms with Crippen molar-refractivity contribution in [3.63, 3.8) is 0 Å². The summed E-state index contributed by atoms with van der Waals surface area (Å²) in [7, 11) is 1.53. The lowest BCUT2D eigenvalue weighted by Crippen LogP contribution is -2.48. The molecule has 0 amide bonds. The van der Waals surface area contributed by atoms with Gasteiger partial charge in [0.05, 0.1) is 7.11 Å². The van der Waals surface area contributed by atoms with Crippen molar-refractivity contribution >= 4 is 11.8 Å². The number of alkyl halides is 3. The Morgan fingerprint density at radius 3 is 2.08 bits per heavy atom. The molecule has 0 atom stereocenters. The van der Waals surface area contributed by atoms with Gasteiger partial charge in [-0.3, -0.25) is 0 Å². The summed E-state index contributed by atoms with van der Waals surface area (Å²) >= 11 is 0. The number of anilines is 1. The second-order valence-corrected chi connectivity index (χ2v) is 6.11. The molecule has 26 heavy (non-hydrogen) atoms. The second kappa shape index (κ2) is 7.72. The molecule has 2 aromatic carbocycles. The van der Waals surface area contributed by atoms with Crippen LogP contribution >= 0.6 is 0 Å². The van der Waals surface area contributed by atoms with Crippen LogP contribution in [0.1, 0.15) is 5.56 Å². The molecule has 1 aliphatic rings. The lowest BCUT2D eigenvalue weighted by atomic mass is 10.1. The number of hydrogen-bond acceptors (Lipinski definition) is 3. The minimum atomic E-state index is -4.39. The van der Waals surface area contributed by atoms with E-state index < -0.39 is 11.9 Å². The fourth-order valence-corrected chi connectivity index (χ4v) is 3.05. The van der Waals surface area contributed by atoms with Gasteiger partial charge in [-0.25, -0.2) is 0 Å². The Balaban J connectivity index is 1.76. The lowest BCUT2D eigenvalue weighted by molar-refractivity contribution is -0.110. The van der Waals surface area contributed by atoms with Crippen LogP contribution in [0.25, 0.3) is 6.08 Å². The Bertz CT molecular complexity index is 734. The van der Waals surface area contributed by atoms with Gasteiger partial charge < -0.3 is 14.5 Å². The highest BCUT2D eigenvalue weighted by Gasteiger charge is 2.38. The van der Waals surface area contributed by atoms with E-state index in [2.05, 4.69) is 4.90 Å².